The lowest BCUT2D eigenvalue weighted by molar-refractivity contribution is 1.01. The summed E-state index contributed by atoms with van der Waals surface area (Å²) in [7, 11) is 0. The van der Waals surface area contributed by atoms with Crippen molar-refractivity contribution in [1.82, 2.24) is 19.1 Å². The minimum Gasteiger partial charge on any atom is -0.309 e. The monoisotopic (exact) mass is 788 g/mol. The van der Waals surface area contributed by atoms with E-state index in [9.17, 15) is 0 Å². The molecule has 0 atom stereocenters. The number of benzene rings is 10. The summed E-state index contributed by atoms with van der Waals surface area (Å²) in [5.74, 6) is 0.645. The maximum atomic E-state index is 5.52. The molecule has 0 N–H and O–H groups in total. The van der Waals surface area contributed by atoms with Crippen LogP contribution in [0, 0.1) is 0 Å². The molecule has 0 aliphatic carbocycles. The molecule has 13 aromatic rings. The van der Waals surface area contributed by atoms with Crippen molar-refractivity contribution < 1.29 is 0 Å². The van der Waals surface area contributed by atoms with Gasteiger partial charge in [0.25, 0.3) is 0 Å². The number of fused-ring (bicyclic) bond motifs is 10. The Morgan fingerprint density at radius 2 is 0.887 bits per heavy atom. The molecule has 62 heavy (non-hydrogen) atoms. The maximum absolute atomic E-state index is 5.52. The molecule has 4 heteroatoms. The van der Waals surface area contributed by atoms with E-state index in [1.807, 2.05) is 0 Å². The summed E-state index contributed by atoms with van der Waals surface area (Å²) in [4.78, 5) is 10.9. The Morgan fingerprint density at radius 3 is 1.68 bits per heavy atom. The van der Waals surface area contributed by atoms with Gasteiger partial charge in [-0.05, 0) is 104 Å². The van der Waals surface area contributed by atoms with E-state index in [4.69, 9.17) is 9.97 Å². The fourth-order valence-electron chi connectivity index (χ4n) is 9.87. The Balaban J connectivity index is 1.05. The Labute approximate surface area is 357 Å². The maximum Gasteiger partial charge on any atom is 0.235 e. The van der Waals surface area contributed by atoms with Crippen molar-refractivity contribution in [1.29, 1.82) is 0 Å². The van der Waals surface area contributed by atoms with Crippen LogP contribution in [0.2, 0.25) is 0 Å². The van der Waals surface area contributed by atoms with Crippen molar-refractivity contribution in [2.45, 2.75) is 0 Å². The highest BCUT2D eigenvalue weighted by atomic mass is 15.2. The van der Waals surface area contributed by atoms with Crippen molar-refractivity contribution in [3.8, 4) is 45.1 Å². The predicted octanol–water partition coefficient (Wildman–Crippen LogP) is 15.1. The first kappa shape index (κ1) is 34.5. The minimum absolute atomic E-state index is 0.645. The van der Waals surface area contributed by atoms with Gasteiger partial charge in [0.1, 0.15) is 0 Å². The first-order valence-electron chi connectivity index (χ1n) is 21.2. The van der Waals surface area contributed by atoms with Crippen molar-refractivity contribution in [3.05, 3.63) is 218 Å². The van der Waals surface area contributed by atoms with Crippen LogP contribution in [-0.2, 0) is 0 Å². The summed E-state index contributed by atoms with van der Waals surface area (Å²) in [5.41, 5.74) is 13.3. The van der Waals surface area contributed by atoms with Gasteiger partial charge in [-0.25, -0.2) is 9.97 Å². The quantitative estimate of drug-likeness (QED) is 0.174. The fraction of sp³-hybridized carbons (Fsp3) is 0. The minimum atomic E-state index is 0.645. The summed E-state index contributed by atoms with van der Waals surface area (Å²) in [6, 6.07) is 78.6. The highest BCUT2D eigenvalue weighted by Gasteiger charge is 2.22. The van der Waals surface area contributed by atoms with Gasteiger partial charge in [0.2, 0.25) is 5.95 Å². The van der Waals surface area contributed by atoms with Crippen LogP contribution in [0.4, 0.5) is 0 Å². The van der Waals surface area contributed by atoms with Crippen LogP contribution in [0.25, 0.3) is 121 Å². The Hall–Kier alpha value is -8.34. The smallest absolute Gasteiger partial charge is 0.235 e. The van der Waals surface area contributed by atoms with E-state index in [0.717, 1.165) is 44.4 Å². The third-order valence-corrected chi connectivity index (χ3v) is 12.7. The molecule has 0 bridgehead atoms. The second kappa shape index (κ2) is 13.6. The molecule has 0 aliphatic rings. The standard InChI is InChI=1S/C58H36N4/c1-3-15-37(16-4-1)38-27-28-40-34-42(30-29-39(40)33-38)57-47-22-9-12-24-51(47)59-58(60-57)62-53-26-14-11-23-48(53)56-46-21-8-7-19-44(46)49(36-55(56)62)41-31-32-54-50(35-41)45-20-10-13-25-52(45)61(54)43-17-5-2-6-18-43/h1-36H. The number of nitrogens with zero attached hydrogens (tertiary/aromatic N) is 4. The molecule has 0 saturated heterocycles. The van der Waals surface area contributed by atoms with Crippen molar-refractivity contribution in [2.75, 3.05) is 0 Å². The zero-order chi connectivity index (χ0) is 40.7. The number of aromatic nitrogens is 4. The number of hydrogen-bond donors (Lipinski definition) is 0. The van der Waals surface area contributed by atoms with Crippen LogP contribution in [0.3, 0.4) is 0 Å². The molecule has 10 aromatic carbocycles. The Kier molecular flexibility index (Phi) is 7.57. The summed E-state index contributed by atoms with van der Waals surface area (Å²) in [6.45, 7) is 0. The van der Waals surface area contributed by atoms with Gasteiger partial charge in [-0.3, -0.25) is 4.57 Å². The summed E-state index contributed by atoms with van der Waals surface area (Å²) in [5, 5.41) is 10.6. The van der Waals surface area contributed by atoms with Gasteiger partial charge >= 0.3 is 0 Å². The molecule has 0 unspecified atom stereocenters. The van der Waals surface area contributed by atoms with Gasteiger partial charge in [-0.1, -0.05) is 158 Å². The van der Waals surface area contributed by atoms with Crippen LogP contribution < -0.4 is 0 Å². The van der Waals surface area contributed by atoms with E-state index >= 15 is 0 Å². The molecule has 0 fully saturated rings. The van der Waals surface area contributed by atoms with Crippen LogP contribution >= 0.6 is 0 Å². The summed E-state index contributed by atoms with van der Waals surface area (Å²) in [6.07, 6.45) is 0. The van der Waals surface area contributed by atoms with Gasteiger partial charge in [0.05, 0.1) is 33.3 Å². The summed E-state index contributed by atoms with van der Waals surface area (Å²) < 4.78 is 4.66. The van der Waals surface area contributed by atoms with Crippen LogP contribution in [0.15, 0.2) is 218 Å². The number of hydrogen-bond acceptors (Lipinski definition) is 2. The second-order valence-corrected chi connectivity index (χ2v) is 16.2. The predicted molar refractivity (Wildman–Crippen MR) is 260 cm³/mol. The van der Waals surface area contributed by atoms with Gasteiger partial charge in [-0.2, -0.15) is 0 Å². The Morgan fingerprint density at radius 1 is 0.306 bits per heavy atom. The van der Waals surface area contributed by atoms with Crippen LogP contribution in [-0.4, -0.2) is 19.1 Å². The third-order valence-electron chi connectivity index (χ3n) is 12.7. The molecule has 0 spiro atoms. The third kappa shape index (κ3) is 5.27. The lowest BCUT2D eigenvalue weighted by Crippen LogP contribution is -2.03. The van der Waals surface area contributed by atoms with Gasteiger partial charge in [-0.15, -0.1) is 0 Å². The lowest BCUT2D eigenvalue weighted by Gasteiger charge is -2.14. The molecule has 0 aliphatic heterocycles. The highest BCUT2D eigenvalue weighted by molar-refractivity contribution is 6.24. The average molecular weight is 789 g/mol. The molecule has 288 valence electrons. The molecule has 3 aromatic heterocycles. The topological polar surface area (TPSA) is 35.6 Å². The average Bonchev–Trinajstić information content (AvgIpc) is 3.86. The molecule has 3 heterocycles. The van der Waals surface area contributed by atoms with E-state index in [-0.39, 0.29) is 0 Å². The fourth-order valence-corrected chi connectivity index (χ4v) is 9.87. The normalized spacial score (nSPS) is 11.9. The largest absolute Gasteiger partial charge is 0.309 e. The Bertz CT molecular complexity index is 3920. The second-order valence-electron chi connectivity index (χ2n) is 16.2. The first-order valence-corrected chi connectivity index (χ1v) is 21.2. The number of para-hydroxylation sites is 4. The molecule has 0 saturated carbocycles. The molecule has 0 amide bonds. The van der Waals surface area contributed by atoms with E-state index in [1.165, 1.54) is 70.8 Å². The van der Waals surface area contributed by atoms with E-state index in [0.29, 0.717) is 5.95 Å². The molecule has 0 radical (unpaired) electrons. The SMILES string of the molecule is c1ccc(-c2ccc3cc(-c4nc(-n5c6ccccc6c6c7ccccc7c(-c7ccc8c(c7)c7ccccc7n8-c7ccccc7)cc65)nc5ccccc45)ccc3c2)cc1. The molecule has 13 rings (SSSR count). The van der Waals surface area contributed by atoms with Gasteiger partial charge < -0.3 is 4.57 Å². The zero-order valence-electron chi connectivity index (χ0n) is 33.6. The first-order chi connectivity index (χ1) is 30.7. The molecular weight excluding hydrogens is 753 g/mol. The van der Waals surface area contributed by atoms with Crippen LogP contribution in [0.1, 0.15) is 0 Å². The van der Waals surface area contributed by atoms with E-state index in [1.54, 1.807) is 0 Å². The van der Waals surface area contributed by atoms with E-state index < -0.39 is 0 Å². The van der Waals surface area contributed by atoms with Crippen molar-refractivity contribution in [3.63, 3.8) is 0 Å². The molecular formula is C58H36N4. The van der Waals surface area contributed by atoms with E-state index in [2.05, 4.69) is 228 Å². The molecule has 4 nitrogen and oxygen atoms in total. The van der Waals surface area contributed by atoms with Crippen molar-refractivity contribution >= 4 is 76.1 Å². The van der Waals surface area contributed by atoms with Crippen LogP contribution in [0.5, 0.6) is 0 Å². The number of rotatable bonds is 5. The summed E-state index contributed by atoms with van der Waals surface area (Å²) >= 11 is 0. The lowest BCUT2D eigenvalue weighted by atomic mass is 9.94. The zero-order valence-corrected chi connectivity index (χ0v) is 33.6. The van der Waals surface area contributed by atoms with Crippen molar-refractivity contribution in [2.24, 2.45) is 0 Å². The van der Waals surface area contributed by atoms with Gasteiger partial charge in [0, 0.05) is 38.2 Å². The highest BCUT2D eigenvalue weighted by Crippen LogP contribution is 2.43. The van der Waals surface area contributed by atoms with Gasteiger partial charge in [0.15, 0.2) is 0 Å².